The van der Waals surface area contributed by atoms with Crippen molar-refractivity contribution in [3.8, 4) is 0 Å². The Bertz CT molecular complexity index is 162. The van der Waals surface area contributed by atoms with Crippen LogP contribution in [0.4, 0.5) is 0 Å². The highest BCUT2D eigenvalue weighted by Gasteiger charge is 2.46. The van der Waals surface area contributed by atoms with Gasteiger partial charge in [0.2, 0.25) is 0 Å². The van der Waals surface area contributed by atoms with E-state index in [2.05, 4.69) is 0 Å². The molecule has 0 aromatic carbocycles. The number of hydrogen-bond donors (Lipinski definition) is 5. The molecular weight excluding hydrogens is 164 g/mol. The Balaban J connectivity index is 2.71. The zero-order chi connectivity index (χ0) is 9.35. The highest BCUT2D eigenvalue weighted by molar-refractivity contribution is 4.97. The molecule has 0 amide bonds. The average Bonchev–Trinajstić information content (AvgIpc) is 2.09. The van der Waals surface area contributed by atoms with Gasteiger partial charge in [0, 0.05) is 0 Å². The molecule has 0 radical (unpaired) electrons. The van der Waals surface area contributed by atoms with Crippen LogP contribution in [0, 0.1) is 0 Å². The maximum Gasteiger partial charge on any atom is 0.116 e. The monoisotopic (exact) mass is 178 g/mol. The van der Waals surface area contributed by atoms with Crippen LogP contribution in [0.25, 0.3) is 0 Å². The van der Waals surface area contributed by atoms with Gasteiger partial charge in [-0.2, -0.15) is 0 Å². The minimum absolute atomic E-state index is 0.0862. The van der Waals surface area contributed by atoms with E-state index in [-0.39, 0.29) is 12.8 Å². The normalized spacial score (nSPS) is 49.2. The van der Waals surface area contributed by atoms with Crippen molar-refractivity contribution in [2.45, 2.75) is 36.8 Å². The van der Waals surface area contributed by atoms with Crippen LogP contribution in [0.2, 0.25) is 0 Å². The van der Waals surface area contributed by atoms with Crippen molar-refractivity contribution < 1.29 is 25.5 Å². The molecule has 1 saturated carbocycles. The first-order chi connectivity index (χ1) is 5.51. The van der Waals surface area contributed by atoms with Crippen LogP contribution in [-0.2, 0) is 0 Å². The third-order valence-corrected chi connectivity index (χ3v) is 2.42. The van der Waals surface area contributed by atoms with Crippen molar-refractivity contribution in [2.75, 3.05) is 6.61 Å². The van der Waals surface area contributed by atoms with Gasteiger partial charge in [0.1, 0.15) is 17.8 Å². The second kappa shape index (κ2) is 3.27. The predicted octanol–water partition coefficient (Wildman–Crippen LogP) is -2.41. The molecule has 1 aliphatic rings. The number of hydrogen-bond acceptors (Lipinski definition) is 5. The minimum Gasteiger partial charge on any atom is -0.393 e. The Kier molecular flexibility index (Phi) is 2.70. The third kappa shape index (κ3) is 1.46. The van der Waals surface area contributed by atoms with Crippen molar-refractivity contribution >= 4 is 0 Å². The van der Waals surface area contributed by atoms with Gasteiger partial charge in [-0.25, -0.2) is 0 Å². The van der Waals surface area contributed by atoms with Crippen LogP contribution in [0.15, 0.2) is 0 Å². The molecule has 0 spiro atoms. The van der Waals surface area contributed by atoms with Gasteiger partial charge in [0.25, 0.3) is 0 Å². The fourth-order valence-corrected chi connectivity index (χ4v) is 1.42. The van der Waals surface area contributed by atoms with E-state index in [1.54, 1.807) is 0 Å². The Morgan fingerprint density at radius 2 is 1.83 bits per heavy atom. The van der Waals surface area contributed by atoms with Gasteiger partial charge in [0.15, 0.2) is 0 Å². The minimum atomic E-state index is -1.67. The lowest BCUT2D eigenvalue weighted by molar-refractivity contribution is -0.197. The van der Waals surface area contributed by atoms with Crippen LogP contribution in [0.1, 0.15) is 12.8 Å². The van der Waals surface area contributed by atoms with Crippen LogP contribution in [-0.4, -0.2) is 56.1 Å². The second-order valence-corrected chi connectivity index (χ2v) is 3.30. The van der Waals surface area contributed by atoms with Crippen LogP contribution in [0.3, 0.4) is 0 Å². The maximum atomic E-state index is 9.47. The molecule has 0 bridgehead atoms. The van der Waals surface area contributed by atoms with Gasteiger partial charge in [-0.15, -0.1) is 0 Å². The molecular formula is C7H14O5. The Hall–Kier alpha value is -0.200. The van der Waals surface area contributed by atoms with Crippen LogP contribution >= 0.6 is 0 Å². The van der Waals surface area contributed by atoms with Crippen molar-refractivity contribution in [2.24, 2.45) is 0 Å². The van der Waals surface area contributed by atoms with E-state index in [1.165, 1.54) is 0 Å². The first-order valence-electron chi connectivity index (χ1n) is 3.89. The molecule has 0 aromatic rings. The summed E-state index contributed by atoms with van der Waals surface area (Å²) in [5.74, 6) is 0. The molecule has 72 valence electrons. The lowest BCUT2D eigenvalue weighted by atomic mass is 9.79. The summed E-state index contributed by atoms with van der Waals surface area (Å²) >= 11 is 0. The largest absolute Gasteiger partial charge is 0.393 e. The number of rotatable bonds is 1. The van der Waals surface area contributed by atoms with Crippen molar-refractivity contribution in [3.63, 3.8) is 0 Å². The zero-order valence-corrected chi connectivity index (χ0v) is 6.59. The standard InChI is InChI=1S/C7H14O5/c8-3-7(12)2-1-4(9)5(10)6(7)11/h4-6,8-12H,1-3H2/t4-,5-,6+,7+/m0/s1. The molecule has 1 rings (SSSR count). The Morgan fingerprint density at radius 3 is 2.33 bits per heavy atom. The van der Waals surface area contributed by atoms with E-state index in [4.69, 9.17) is 15.3 Å². The summed E-state index contributed by atoms with van der Waals surface area (Å²) in [4.78, 5) is 0. The molecule has 5 heteroatoms. The smallest absolute Gasteiger partial charge is 0.116 e. The SMILES string of the molecule is OC[C@]1(O)CC[C@H](O)[C@H](O)[C@H]1O. The third-order valence-electron chi connectivity index (χ3n) is 2.42. The Labute approximate surface area is 69.9 Å². The van der Waals surface area contributed by atoms with Crippen molar-refractivity contribution in [1.82, 2.24) is 0 Å². The van der Waals surface area contributed by atoms with Gasteiger partial charge in [0.05, 0.1) is 12.7 Å². The molecule has 5 nitrogen and oxygen atoms in total. The molecule has 0 saturated heterocycles. The lowest BCUT2D eigenvalue weighted by Crippen LogP contribution is -2.59. The topological polar surface area (TPSA) is 101 Å². The lowest BCUT2D eigenvalue weighted by Gasteiger charge is -2.40. The fourth-order valence-electron chi connectivity index (χ4n) is 1.42. The molecule has 0 aromatic heterocycles. The van der Waals surface area contributed by atoms with E-state index in [0.29, 0.717) is 0 Å². The molecule has 4 atom stereocenters. The van der Waals surface area contributed by atoms with Gasteiger partial charge in [-0.05, 0) is 12.8 Å². The molecule has 1 aliphatic carbocycles. The summed E-state index contributed by atoms with van der Waals surface area (Å²) in [6.45, 7) is -0.613. The Morgan fingerprint density at radius 1 is 1.25 bits per heavy atom. The van der Waals surface area contributed by atoms with Gasteiger partial charge >= 0.3 is 0 Å². The van der Waals surface area contributed by atoms with Crippen LogP contribution < -0.4 is 0 Å². The van der Waals surface area contributed by atoms with Crippen molar-refractivity contribution in [1.29, 1.82) is 0 Å². The quantitative estimate of drug-likeness (QED) is 0.308. The van der Waals surface area contributed by atoms with Gasteiger partial charge in [-0.3, -0.25) is 0 Å². The maximum absolute atomic E-state index is 9.47. The van der Waals surface area contributed by atoms with E-state index in [1.807, 2.05) is 0 Å². The predicted molar refractivity (Wildman–Crippen MR) is 39.3 cm³/mol. The van der Waals surface area contributed by atoms with Crippen LogP contribution in [0.5, 0.6) is 0 Å². The summed E-state index contributed by atoms with van der Waals surface area (Å²) < 4.78 is 0. The summed E-state index contributed by atoms with van der Waals surface area (Å²) in [6, 6.07) is 0. The van der Waals surface area contributed by atoms with E-state index >= 15 is 0 Å². The van der Waals surface area contributed by atoms with E-state index in [9.17, 15) is 10.2 Å². The van der Waals surface area contributed by atoms with E-state index in [0.717, 1.165) is 0 Å². The molecule has 1 fully saturated rings. The molecule has 0 unspecified atom stereocenters. The fraction of sp³-hybridized carbons (Fsp3) is 1.00. The average molecular weight is 178 g/mol. The van der Waals surface area contributed by atoms with Gasteiger partial charge in [-0.1, -0.05) is 0 Å². The number of aliphatic hydroxyl groups excluding tert-OH is 4. The second-order valence-electron chi connectivity index (χ2n) is 3.30. The molecule has 5 N–H and O–H groups in total. The summed E-state index contributed by atoms with van der Waals surface area (Å²) in [7, 11) is 0. The van der Waals surface area contributed by atoms with E-state index < -0.39 is 30.5 Å². The highest BCUT2D eigenvalue weighted by Crippen LogP contribution is 2.28. The van der Waals surface area contributed by atoms with Gasteiger partial charge < -0.3 is 25.5 Å². The van der Waals surface area contributed by atoms with Crippen molar-refractivity contribution in [3.05, 3.63) is 0 Å². The summed E-state index contributed by atoms with van der Waals surface area (Å²) in [5, 5.41) is 45.6. The summed E-state index contributed by atoms with van der Waals surface area (Å²) in [5.41, 5.74) is -1.67. The summed E-state index contributed by atoms with van der Waals surface area (Å²) in [6.07, 6.45) is -3.62. The first-order valence-corrected chi connectivity index (χ1v) is 3.89. The number of aliphatic hydroxyl groups is 5. The molecule has 12 heavy (non-hydrogen) atoms. The zero-order valence-electron chi connectivity index (χ0n) is 6.59. The molecule has 0 aliphatic heterocycles. The highest BCUT2D eigenvalue weighted by atomic mass is 16.4. The molecule has 0 heterocycles. The first kappa shape index (κ1) is 9.88.